The molecule has 0 aliphatic carbocycles. The monoisotopic (exact) mass is 308 g/mol. The Morgan fingerprint density at radius 2 is 2.23 bits per heavy atom. The highest BCUT2D eigenvalue weighted by molar-refractivity contribution is 5.92. The first-order chi connectivity index (χ1) is 10.3. The molecule has 1 atom stereocenters. The normalized spacial score (nSPS) is 18.4. The van der Waals surface area contributed by atoms with E-state index in [4.69, 9.17) is 4.42 Å². The fourth-order valence-corrected chi connectivity index (χ4v) is 2.41. The van der Waals surface area contributed by atoms with E-state index in [1.165, 1.54) is 7.11 Å². The Bertz CT molecular complexity index is 564. The molecule has 0 radical (unpaired) electrons. The summed E-state index contributed by atoms with van der Waals surface area (Å²) in [6.45, 7) is 3.78. The van der Waals surface area contributed by atoms with Crippen LogP contribution in [0.3, 0.4) is 0 Å². The highest BCUT2D eigenvalue weighted by Crippen LogP contribution is 2.21. The maximum Gasteiger partial charge on any atom is 0.330 e. The molecule has 1 aliphatic heterocycles. The van der Waals surface area contributed by atoms with Crippen LogP contribution in [0, 0.1) is 5.92 Å². The van der Waals surface area contributed by atoms with E-state index in [0.717, 1.165) is 0 Å². The number of furan rings is 1. The van der Waals surface area contributed by atoms with Crippen LogP contribution in [0.15, 0.2) is 22.8 Å². The van der Waals surface area contributed by atoms with E-state index < -0.39 is 17.4 Å². The predicted octanol–water partition coefficient (Wildman–Crippen LogP) is 0.696. The van der Waals surface area contributed by atoms with Crippen molar-refractivity contribution in [3.05, 3.63) is 24.2 Å². The van der Waals surface area contributed by atoms with Gasteiger partial charge >= 0.3 is 5.97 Å². The average Bonchev–Trinajstić information content (AvgIpc) is 3.08. The number of carbonyl (C=O) groups excluding carboxylic acids is 3. The van der Waals surface area contributed by atoms with Crippen molar-refractivity contribution in [3.63, 3.8) is 0 Å². The van der Waals surface area contributed by atoms with Gasteiger partial charge in [-0.15, -0.1) is 0 Å². The fraction of sp³-hybridized carbons (Fsp3) is 0.533. The van der Waals surface area contributed by atoms with Crippen LogP contribution in [-0.2, 0) is 25.7 Å². The number of nitrogens with one attached hydrogen (secondary N) is 1. The second-order valence-corrected chi connectivity index (χ2v) is 5.86. The number of esters is 1. The summed E-state index contributed by atoms with van der Waals surface area (Å²) in [5.41, 5.74) is -1.12. The summed E-state index contributed by atoms with van der Waals surface area (Å²) in [6.07, 6.45) is 1.67. The van der Waals surface area contributed by atoms with Crippen LogP contribution in [0.5, 0.6) is 0 Å². The summed E-state index contributed by atoms with van der Waals surface area (Å²) < 4.78 is 9.86. The number of carbonyl (C=O) groups is 3. The van der Waals surface area contributed by atoms with Gasteiger partial charge in [-0.3, -0.25) is 9.59 Å². The van der Waals surface area contributed by atoms with Crippen molar-refractivity contribution in [2.45, 2.75) is 32.4 Å². The van der Waals surface area contributed by atoms with Gasteiger partial charge in [-0.25, -0.2) is 4.79 Å². The van der Waals surface area contributed by atoms with Gasteiger partial charge in [-0.2, -0.15) is 0 Å². The summed E-state index contributed by atoms with van der Waals surface area (Å²) >= 11 is 0. The van der Waals surface area contributed by atoms with E-state index in [2.05, 4.69) is 10.1 Å². The van der Waals surface area contributed by atoms with Crippen LogP contribution < -0.4 is 5.32 Å². The van der Waals surface area contributed by atoms with Crippen LogP contribution in [0.1, 0.15) is 26.0 Å². The minimum absolute atomic E-state index is 0.104. The molecule has 2 amide bonds. The number of rotatable bonds is 5. The van der Waals surface area contributed by atoms with E-state index in [1.807, 2.05) is 0 Å². The van der Waals surface area contributed by atoms with Crippen molar-refractivity contribution in [2.24, 2.45) is 5.92 Å². The molecular weight excluding hydrogens is 288 g/mol. The highest BCUT2D eigenvalue weighted by atomic mass is 16.5. The topological polar surface area (TPSA) is 88.8 Å². The molecule has 7 heteroatoms. The third-order valence-electron chi connectivity index (χ3n) is 3.64. The van der Waals surface area contributed by atoms with Crippen molar-refractivity contribution in [1.82, 2.24) is 10.2 Å². The third kappa shape index (κ3) is 3.47. The molecule has 1 aromatic heterocycles. The second-order valence-electron chi connectivity index (χ2n) is 5.86. The van der Waals surface area contributed by atoms with E-state index in [-0.39, 0.29) is 18.2 Å². The van der Waals surface area contributed by atoms with E-state index in [0.29, 0.717) is 18.8 Å². The Morgan fingerprint density at radius 1 is 1.50 bits per heavy atom. The summed E-state index contributed by atoms with van der Waals surface area (Å²) in [4.78, 5) is 37.4. The standard InChI is InChI=1S/C15H20N2O5/c1-15(2,14(20)21-3)16-13(19)10-7-12(18)17(8-10)9-11-5-4-6-22-11/h4-6,10H,7-9H2,1-3H3,(H,16,19)/t10-/m0/s1. The lowest BCUT2D eigenvalue weighted by molar-refractivity contribution is -0.149. The van der Waals surface area contributed by atoms with Gasteiger partial charge < -0.3 is 19.4 Å². The maximum atomic E-state index is 12.3. The lowest BCUT2D eigenvalue weighted by atomic mass is 10.0. The molecule has 0 spiro atoms. The number of ether oxygens (including phenoxy) is 1. The maximum absolute atomic E-state index is 12.3. The number of methoxy groups -OCH3 is 1. The van der Waals surface area contributed by atoms with Gasteiger partial charge in [0.15, 0.2) is 0 Å². The first kappa shape index (κ1) is 16.1. The largest absolute Gasteiger partial charge is 0.467 e. The Morgan fingerprint density at radius 3 is 2.82 bits per heavy atom. The van der Waals surface area contributed by atoms with Crippen molar-refractivity contribution in [2.75, 3.05) is 13.7 Å². The molecular formula is C15H20N2O5. The van der Waals surface area contributed by atoms with Crippen LogP contribution in [0.4, 0.5) is 0 Å². The zero-order chi connectivity index (χ0) is 16.3. The zero-order valence-corrected chi connectivity index (χ0v) is 12.9. The third-order valence-corrected chi connectivity index (χ3v) is 3.64. The molecule has 22 heavy (non-hydrogen) atoms. The van der Waals surface area contributed by atoms with E-state index in [9.17, 15) is 14.4 Å². The Hall–Kier alpha value is -2.31. The van der Waals surface area contributed by atoms with Crippen LogP contribution in [0.2, 0.25) is 0 Å². The summed E-state index contributed by atoms with van der Waals surface area (Å²) in [7, 11) is 1.26. The summed E-state index contributed by atoms with van der Waals surface area (Å²) in [5.74, 6) is -0.772. The molecule has 2 rings (SSSR count). The number of hydrogen-bond acceptors (Lipinski definition) is 5. The quantitative estimate of drug-likeness (QED) is 0.809. The molecule has 2 heterocycles. The lowest BCUT2D eigenvalue weighted by Crippen LogP contribution is -2.52. The average molecular weight is 308 g/mol. The number of likely N-dealkylation sites (tertiary alicyclic amines) is 1. The van der Waals surface area contributed by atoms with E-state index in [1.54, 1.807) is 37.1 Å². The lowest BCUT2D eigenvalue weighted by Gasteiger charge is -2.24. The zero-order valence-electron chi connectivity index (χ0n) is 12.9. The molecule has 1 saturated heterocycles. The van der Waals surface area contributed by atoms with Crippen LogP contribution in [-0.4, -0.2) is 41.9 Å². The van der Waals surface area contributed by atoms with Crippen LogP contribution >= 0.6 is 0 Å². The molecule has 1 fully saturated rings. The number of hydrogen-bond donors (Lipinski definition) is 1. The Balaban J connectivity index is 1.95. The molecule has 120 valence electrons. The van der Waals surface area contributed by atoms with Gasteiger partial charge in [-0.05, 0) is 26.0 Å². The number of amides is 2. The first-order valence-corrected chi connectivity index (χ1v) is 7.04. The minimum Gasteiger partial charge on any atom is -0.467 e. The Kier molecular flexibility index (Phi) is 4.54. The molecule has 0 bridgehead atoms. The van der Waals surface area contributed by atoms with Gasteiger partial charge in [0.05, 0.1) is 25.8 Å². The predicted molar refractivity (Wildman–Crippen MR) is 76.5 cm³/mol. The van der Waals surface area contributed by atoms with Crippen molar-refractivity contribution in [1.29, 1.82) is 0 Å². The second kappa shape index (κ2) is 6.21. The molecule has 1 aliphatic rings. The van der Waals surface area contributed by atoms with Crippen LogP contribution in [0.25, 0.3) is 0 Å². The highest BCUT2D eigenvalue weighted by Gasteiger charge is 2.38. The summed E-state index contributed by atoms with van der Waals surface area (Å²) in [6, 6.07) is 3.53. The van der Waals surface area contributed by atoms with Crippen molar-refractivity contribution < 1.29 is 23.5 Å². The first-order valence-electron chi connectivity index (χ1n) is 7.04. The van der Waals surface area contributed by atoms with Gasteiger partial charge in [0, 0.05) is 13.0 Å². The van der Waals surface area contributed by atoms with E-state index >= 15 is 0 Å². The molecule has 0 saturated carbocycles. The molecule has 7 nitrogen and oxygen atoms in total. The van der Waals surface area contributed by atoms with Gasteiger partial charge in [-0.1, -0.05) is 0 Å². The molecule has 1 aromatic rings. The van der Waals surface area contributed by atoms with Gasteiger partial charge in [0.25, 0.3) is 0 Å². The number of nitrogens with zero attached hydrogens (tertiary/aromatic N) is 1. The molecule has 1 N–H and O–H groups in total. The van der Waals surface area contributed by atoms with Crippen molar-refractivity contribution in [3.8, 4) is 0 Å². The SMILES string of the molecule is COC(=O)C(C)(C)NC(=O)[C@H]1CC(=O)N(Cc2ccco2)C1. The Labute approximate surface area is 128 Å². The van der Waals surface area contributed by atoms with Crippen molar-refractivity contribution >= 4 is 17.8 Å². The summed E-state index contributed by atoms with van der Waals surface area (Å²) in [5, 5.41) is 2.63. The van der Waals surface area contributed by atoms with Gasteiger partial charge in [0.2, 0.25) is 11.8 Å². The molecule has 0 aromatic carbocycles. The smallest absolute Gasteiger partial charge is 0.330 e. The molecule has 0 unspecified atom stereocenters. The fourth-order valence-electron chi connectivity index (χ4n) is 2.41. The minimum atomic E-state index is -1.12. The van der Waals surface area contributed by atoms with Gasteiger partial charge in [0.1, 0.15) is 11.3 Å².